The topological polar surface area (TPSA) is 119 Å². The predicted molar refractivity (Wildman–Crippen MR) is 123 cm³/mol. The van der Waals surface area contributed by atoms with Crippen molar-refractivity contribution in [2.75, 3.05) is 31.6 Å². The fraction of sp³-hybridized carbons (Fsp3) is 0.478. The van der Waals surface area contributed by atoms with Crippen molar-refractivity contribution in [2.24, 2.45) is 13.0 Å². The highest BCUT2D eigenvalue weighted by molar-refractivity contribution is 7.89. The standard InChI is InChI=1S/C23H27FN4O6S/c1-13-8-15(5-6-16(13)24)25-22(29)20-21-19(11-27(20)2)35(31,32)26-17-10-28(9-14(17)12-34-21)23(30)18-4-3-7-33-18/h5-6,8,11,14,17-18,26H,3-4,7,9-10,12H2,1-2H3,(H,25,29)/t14-,17-,18+/m0/s1. The number of fused-ring (bicyclic) bond motifs is 2. The van der Waals surface area contributed by atoms with Crippen molar-refractivity contribution in [3.05, 3.63) is 41.5 Å². The molecule has 5 rings (SSSR count). The molecule has 0 bridgehead atoms. The van der Waals surface area contributed by atoms with Crippen LogP contribution in [-0.2, 0) is 26.6 Å². The van der Waals surface area contributed by atoms with Crippen molar-refractivity contribution in [1.29, 1.82) is 0 Å². The number of likely N-dealkylation sites (tertiary alicyclic amines) is 1. The summed E-state index contributed by atoms with van der Waals surface area (Å²) in [6.45, 7) is 2.80. The van der Waals surface area contributed by atoms with Crippen molar-refractivity contribution in [3.63, 3.8) is 0 Å². The number of sulfonamides is 1. The molecule has 10 nitrogen and oxygen atoms in total. The Bertz CT molecular complexity index is 1290. The fourth-order valence-electron chi connectivity index (χ4n) is 4.87. The van der Waals surface area contributed by atoms with E-state index in [0.29, 0.717) is 30.8 Å². The molecule has 0 unspecified atom stereocenters. The molecule has 2 saturated heterocycles. The number of amides is 2. The van der Waals surface area contributed by atoms with Crippen molar-refractivity contribution in [1.82, 2.24) is 14.2 Å². The highest BCUT2D eigenvalue weighted by atomic mass is 32.2. The largest absolute Gasteiger partial charge is 0.489 e. The van der Waals surface area contributed by atoms with E-state index in [1.165, 1.54) is 29.0 Å². The van der Waals surface area contributed by atoms with Crippen LogP contribution in [0.2, 0.25) is 0 Å². The van der Waals surface area contributed by atoms with Crippen LogP contribution in [0.1, 0.15) is 28.9 Å². The number of anilines is 1. The van der Waals surface area contributed by atoms with Crippen LogP contribution in [0.3, 0.4) is 0 Å². The Morgan fingerprint density at radius 3 is 2.77 bits per heavy atom. The van der Waals surface area contributed by atoms with Crippen LogP contribution in [-0.4, -0.2) is 68.1 Å². The van der Waals surface area contributed by atoms with Gasteiger partial charge in [0.25, 0.3) is 11.8 Å². The van der Waals surface area contributed by atoms with E-state index in [4.69, 9.17) is 9.47 Å². The van der Waals surface area contributed by atoms with Crippen molar-refractivity contribution >= 4 is 27.5 Å². The molecule has 35 heavy (non-hydrogen) atoms. The number of carbonyl (C=O) groups is 2. The van der Waals surface area contributed by atoms with Crippen LogP contribution in [0.15, 0.2) is 29.3 Å². The lowest BCUT2D eigenvalue weighted by molar-refractivity contribution is -0.140. The summed E-state index contributed by atoms with van der Waals surface area (Å²) in [6, 6.07) is 3.64. The number of nitrogens with one attached hydrogen (secondary N) is 2. The molecule has 0 aliphatic carbocycles. The zero-order valence-corrected chi connectivity index (χ0v) is 20.2. The molecule has 3 aliphatic rings. The van der Waals surface area contributed by atoms with Crippen LogP contribution >= 0.6 is 0 Å². The van der Waals surface area contributed by atoms with Gasteiger partial charge >= 0.3 is 0 Å². The Balaban J connectivity index is 1.39. The van der Waals surface area contributed by atoms with Gasteiger partial charge in [0.2, 0.25) is 10.0 Å². The van der Waals surface area contributed by atoms with Gasteiger partial charge in [-0.2, -0.15) is 0 Å². The Hall–Kier alpha value is -2.96. The summed E-state index contributed by atoms with van der Waals surface area (Å²) in [6.07, 6.45) is 2.32. The number of rotatable bonds is 3. The van der Waals surface area contributed by atoms with E-state index in [0.717, 1.165) is 6.42 Å². The summed E-state index contributed by atoms with van der Waals surface area (Å²) in [5.41, 5.74) is 0.758. The highest BCUT2D eigenvalue weighted by Crippen LogP contribution is 2.35. The predicted octanol–water partition coefficient (Wildman–Crippen LogP) is 1.40. The first-order valence-electron chi connectivity index (χ1n) is 11.5. The van der Waals surface area contributed by atoms with Gasteiger partial charge in [-0.3, -0.25) is 9.59 Å². The monoisotopic (exact) mass is 506 g/mol. The number of nitrogens with zero attached hydrogens (tertiary/aromatic N) is 2. The molecule has 2 aromatic rings. The maximum atomic E-state index is 13.6. The van der Waals surface area contributed by atoms with Crippen LogP contribution < -0.4 is 14.8 Å². The minimum atomic E-state index is -4.04. The van der Waals surface area contributed by atoms with Crippen LogP contribution in [0.25, 0.3) is 0 Å². The van der Waals surface area contributed by atoms with Crippen molar-refractivity contribution in [2.45, 2.75) is 36.8 Å². The minimum Gasteiger partial charge on any atom is -0.489 e. The van der Waals surface area contributed by atoms with Gasteiger partial charge in [0.15, 0.2) is 11.4 Å². The summed E-state index contributed by atoms with van der Waals surface area (Å²) in [5, 5.41) is 2.68. The number of ether oxygens (including phenoxy) is 2. The third kappa shape index (κ3) is 4.41. The number of halogens is 1. The van der Waals surface area contributed by atoms with Gasteiger partial charge in [-0.05, 0) is 43.5 Å². The Labute approximate surface area is 202 Å². The molecular formula is C23H27FN4O6S. The second kappa shape index (κ2) is 8.92. The Morgan fingerprint density at radius 2 is 2.06 bits per heavy atom. The average Bonchev–Trinajstić information content (AvgIpc) is 3.53. The molecule has 4 heterocycles. The second-order valence-corrected chi connectivity index (χ2v) is 10.9. The van der Waals surface area contributed by atoms with E-state index in [-0.39, 0.29) is 41.3 Å². The van der Waals surface area contributed by atoms with E-state index in [1.54, 1.807) is 18.9 Å². The zero-order chi connectivity index (χ0) is 24.9. The highest BCUT2D eigenvalue weighted by Gasteiger charge is 2.43. The molecule has 2 fully saturated rings. The lowest BCUT2D eigenvalue weighted by Gasteiger charge is -2.23. The molecule has 0 radical (unpaired) electrons. The number of benzene rings is 1. The van der Waals surface area contributed by atoms with Crippen LogP contribution in [0, 0.1) is 18.7 Å². The van der Waals surface area contributed by atoms with Crippen LogP contribution in [0.5, 0.6) is 5.75 Å². The lowest BCUT2D eigenvalue weighted by Crippen LogP contribution is -2.44. The molecule has 0 saturated carbocycles. The number of aryl methyl sites for hydroxylation is 2. The van der Waals surface area contributed by atoms with Gasteiger partial charge in [0.05, 0.1) is 6.61 Å². The third-order valence-corrected chi connectivity index (χ3v) is 8.21. The van der Waals surface area contributed by atoms with Gasteiger partial charge in [0, 0.05) is 50.6 Å². The molecule has 188 valence electrons. The molecule has 1 aromatic heterocycles. The second-order valence-electron chi connectivity index (χ2n) is 9.24. The van der Waals surface area contributed by atoms with Crippen LogP contribution in [0.4, 0.5) is 10.1 Å². The molecular weight excluding hydrogens is 479 g/mol. The summed E-state index contributed by atoms with van der Waals surface area (Å²) in [5.74, 6) is -1.47. The SMILES string of the molecule is Cc1cc(NC(=O)c2c3c(cn2C)S(=O)(=O)N[C@H]2CN(C(=O)[C@H]4CCCO4)C[C@H]2CO3)ccc1F. The lowest BCUT2D eigenvalue weighted by atomic mass is 10.1. The third-order valence-electron chi connectivity index (χ3n) is 6.73. The van der Waals surface area contributed by atoms with E-state index in [1.807, 2.05) is 0 Å². The summed E-state index contributed by atoms with van der Waals surface area (Å²) < 4.78 is 55.6. The minimum absolute atomic E-state index is 0.0242. The summed E-state index contributed by atoms with van der Waals surface area (Å²) in [7, 11) is -2.49. The first-order valence-corrected chi connectivity index (χ1v) is 12.9. The van der Waals surface area contributed by atoms with Gasteiger partial charge in [-0.25, -0.2) is 17.5 Å². The molecule has 3 atom stereocenters. The number of carbonyl (C=O) groups excluding carboxylic acids is 2. The Kier molecular flexibility index (Phi) is 6.06. The number of aromatic nitrogens is 1. The van der Waals surface area contributed by atoms with E-state index in [2.05, 4.69) is 10.0 Å². The molecule has 0 spiro atoms. The maximum absolute atomic E-state index is 13.6. The van der Waals surface area contributed by atoms with Crippen molar-refractivity contribution in [3.8, 4) is 5.75 Å². The Morgan fingerprint density at radius 1 is 1.26 bits per heavy atom. The maximum Gasteiger partial charge on any atom is 0.276 e. The summed E-state index contributed by atoms with van der Waals surface area (Å²) >= 11 is 0. The first kappa shape index (κ1) is 23.8. The summed E-state index contributed by atoms with van der Waals surface area (Å²) in [4.78, 5) is 27.4. The van der Waals surface area contributed by atoms with Crippen molar-refractivity contribution < 1.29 is 31.9 Å². The van der Waals surface area contributed by atoms with Gasteiger partial charge in [-0.1, -0.05) is 0 Å². The van der Waals surface area contributed by atoms with E-state index >= 15 is 0 Å². The average molecular weight is 507 g/mol. The molecule has 12 heteroatoms. The smallest absolute Gasteiger partial charge is 0.276 e. The number of hydrogen-bond donors (Lipinski definition) is 2. The van der Waals surface area contributed by atoms with E-state index in [9.17, 15) is 22.4 Å². The molecule has 2 amide bonds. The van der Waals surface area contributed by atoms with Gasteiger partial charge < -0.3 is 24.3 Å². The van der Waals surface area contributed by atoms with Gasteiger partial charge in [-0.15, -0.1) is 0 Å². The normalized spacial score (nSPS) is 25.2. The molecule has 3 aliphatic heterocycles. The fourth-order valence-corrected chi connectivity index (χ4v) is 6.35. The van der Waals surface area contributed by atoms with Gasteiger partial charge in [0.1, 0.15) is 16.8 Å². The first-order chi connectivity index (χ1) is 16.6. The zero-order valence-electron chi connectivity index (χ0n) is 19.4. The quantitative estimate of drug-likeness (QED) is 0.650. The van der Waals surface area contributed by atoms with E-state index < -0.39 is 33.9 Å². The molecule has 2 N–H and O–H groups in total. The molecule has 1 aromatic carbocycles. The number of hydrogen-bond acceptors (Lipinski definition) is 6.